The highest BCUT2D eigenvalue weighted by Crippen LogP contribution is 2.24. The van der Waals surface area contributed by atoms with Gasteiger partial charge >= 0.3 is 0 Å². The molecule has 0 saturated heterocycles. The van der Waals surface area contributed by atoms with E-state index in [0.29, 0.717) is 27.4 Å². The molecule has 2 aromatic heterocycles. The molecule has 5 N–H and O–H groups in total. The van der Waals surface area contributed by atoms with Gasteiger partial charge in [0.2, 0.25) is 15.9 Å². The Balaban J connectivity index is 1.66. The average molecular weight is 431 g/mol. The number of anilines is 3. The Bertz CT molecular complexity index is 1170. The minimum Gasteiger partial charge on any atom is -0.383 e. The van der Waals surface area contributed by atoms with E-state index in [0.717, 1.165) is 6.26 Å². The number of thiophene rings is 1. The summed E-state index contributed by atoms with van der Waals surface area (Å²) in [6, 6.07) is 8.31. The Morgan fingerprint density at radius 1 is 1.31 bits per heavy atom. The van der Waals surface area contributed by atoms with Gasteiger partial charge in [0.05, 0.1) is 29.0 Å². The van der Waals surface area contributed by atoms with Gasteiger partial charge in [-0.3, -0.25) is 14.9 Å². The van der Waals surface area contributed by atoms with E-state index in [1.807, 2.05) is 0 Å². The standard InChI is InChI=1S/C18H18N6O3S2/c1-29(26,27)24-13-4-2-3-11(5-13)6-15(25)23-16-7-12(9-28-16)17(19)14-8-21-10-22-18(14)20/h2-5,7-10,19,24H,6H2,1H3,(H,23,25)(H2,20,21,22). The summed E-state index contributed by atoms with van der Waals surface area (Å²) in [4.78, 5) is 20.1. The number of nitrogens with zero attached hydrogens (tertiary/aromatic N) is 2. The van der Waals surface area contributed by atoms with Crippen molar-refractivity contribution in [2.45, 2.75) is 6.42 Å². The minimum atomic E-state index is -3.39. The van der Waals surface area contributed by atoms with Crippen LogP contribution >= 0.6 is 11.3 Å². The maximum atomic E-state index is 12.3. The predicted octanol–water partition coefficient (Wildman–Crippen LogP) is 2.09. The summed E-state index contributed by atoms with van der Waals surface area (Å²) in [6.07, 6.45) is 3.92. The first-order valence-electron chi connectivity index (χ1n) is 8.31. The van der Waals surface area contributed by atoms with E-state index in [-0.39, 0.29) is 23.9 Å². The molecule has 0 unspecified atom stereocenters. The molecule has 11 heteroatoms. The third-order valence-electron chi connectivity index (χ3n) is 3.76. The van der Waals surface area contributed by atoms with Gasteiger partial charge in [0.25, 0.3) is 0 Å². The van der Waals surface area contributed by atoms with Crippen LogP contribution < -0.4 is 15.8 Å². The van der Waals surface area contributed by atoms with Crippen LogP contribution in [0.1, 0.15) is 16.7 Å². The molecule has 2 heterocycles. The van der Waals surface area contributed by atoms with Crippen molar-refractivity contribution < 1.29 is 13.2 Å². The van der Waals surface area contributed by atoms with Gasteiger partial charge in [-0.1, -0.05) is 12.1 Å². The first-order valence-corrected chi connectivity index (χ1v) is 11.1. The fraction of sp³-hybridized carbons (Fsp3) is 0.111. The molecule has 0 saturated carbocycles. The van der Waals surface area contributed by atoms with Crippen molar-refractivity contribution in [3.8, 4) is 0 Å². The van der Waals surface area contributed by atoms with Crippen LogP contribution in [0.2, 0.25) is 0 Å². The van der Waals surface area contributed by atoms with Crippen molar-refractivity contribution in [3.63, 3.8) is 0 Å². The van der Waals surface area contributed by atoms with Crippen LogP contribution in [0.5, 0.6) is 0 Å². The maximum absolute atomic E-state index is 12.3. The van der Waals surface area contributed by atoms with Gasteiger partial charge in [-0.25, -0.2) is 18.4 Å². The number of nitrogens with two attached hydrogens (primary N) is 1. The summed E-state index contributed by atoms with van der Waals surface area (Å²) in [7, 11) is -3.39. The van der Waals surface area contributed by atoms with E-state index in [2.05, 4.69) is 20.0 Å². The molecule has 0 aliphatic heterocycles. The Morgan fingerprint density at radius 3 is 2.83 bits per heavy atom. The molecule has 1 amide bonds. The van der Waals surface area contributed by atoms with E-state index in [1.54, 1.807) is 35.7 Å². The van der Waals surface area contributed by atoms with Gasteiger partial charge in [0.1, 0.15) is 12.1 Å². The molecule has 150 valence electrons. The molecule has 0 bridgehead atoms. The zero-order valence-electron chi connectivity index (χ0n) is 15.3. The average Bonchev–Trinajstić information content (AvgIpc) is 3.08. The van der Waals surface area contributed by atoms with E-state index in [1.165, 1.54) is 23.9 Å². The van der Waals surface area contributed by atoms with Crippen LogP contribution in [0, 0.1) is 5.41 Å². The van der Waals surface area contributed by atoms with Crippen LogP contribution in [-0.2, 0) is 21.2 Å². The predicted molar refractivity (Wildman–Crippen MR) is 114 cm³/mol. The van der Waals surface area contributed by atoms with Crippen molar-refractivity contribution in [2.24, 2.45) is 0 Å². The maximum Gasteiger partial charge on any atom is 0.229 e. The van der Waals surface area contributed by atoms with Crippen molar-refractivity contribution >= 4 is 49.5 Å². The second kappa shape index (κ2) is 8.37. The molecule has 0 aliphatic carbocycles. The molecule has 0 spiro atoms. The van der Waals surface area contributed by atoms with Crippen molar-refractivity contribution in [2.75, 3.05) is 22.0 Å². The monoisotopic (exact) mass is 430 g/mol. The van der Waals surface area contributed by atoms with Crippen LogP contribution in [0.15, 0.2) is 48.2 Å². The van der Waals surface area contributed by atoms with E-state index in [9.17, 15) is 13.2 Å². The number of carbonyl (C=O) groups excluding carboxylic acids is 1. The topological polar surface area (TPSA) is 151 Å². The zero-order chi connectivity index (χ0) is 21.0. The van der Waals surface area contributed by atoms with Crippen LogP contribution in [-0.4, -0.2) is 36.3 Å². The number of sulfonamides is 1. The van der Waals surface area contributed by atoms with Gasteiger partial charge < -0.3 is 11.1 Å². The number of aromatic nitrogens is 2. The van der Waals surface area contributed by atoms with E-state index >= 15 is 0 Å². The van der Waals surface area contributed by atoms with Gasteiger partial charge in [-0.15, -0.1) is 11.3 Å². The highest BCUT2D eigenvalue weighted by atomic mass is 32.2. The number of carbonyl (C=O) groups is 1. The SMILES string of the molecule is CS(=O)(=O)Nc1cccc(CC(=O)Nc2cc(C(=N)c3cncnc3N)cs2)c1. The van der Waals surface area contributed by atoms with Gasteiger partial charge in [0, 0.05) is 22.8 Å². The lowest BCUT2D eigenvalue weighted by atomic mass is 10.1. The molecule has 0 radical (unpaired) electrons. The summed E-state index contributed by atoms with van der Waals surface area (Å²) >= 11 is 1.28. The number of nitrogens with one attached hydrogen (secondary N) is 3. The lowest BCUT2D eigenvalue weighted by molar-refractivity contribution is -0.115. The van der Waals surface area contributed by atoms with E-state index < -0.39 is 10.0 Å². The highest BCUT2D eigenvalue weighted by molar-refractivity contribution is 7.92. The minimum absolute atomic E-state index is 0.0729. The normalized spacial score (nSPS) is 11.1. The molecule has 1 aromatic carbocycles. The van der Waals surface area contributed by atoms with Crippen LogP contribution in [0.3, 0.4) is 0 Å². The van der Waals surface area contributed by atoms with Gasteiger partial charge in [0.15, 0.2) is 0 Å². The highest BCUT2D eigenvalue weighted by Gasteiger charge is 2.13. The lowest BCUT2D eigenvalue weighted by Crippen LogP contribution is -2.14. The Morgan fingerprint density at radius 2 is 2.10 bits per heavy atom. The quantitative estimate of drug-likeness (QED) is 0.421. The molecule has 29 heavy (non-hydrogen) atoms. The van der Waals surface area contributed by atoms with E-state index in [4.69, 9.17) is 11.1 Å². The summed E-state index contributed by atoms with van der Waals surface area (Å²) in [5.74, 6) is -0.0478. The summed E-state index contributed by atoms with van der Waals surface area (Å²) < 4.78 is 25.0. The number of hydrogen-bond donors (Lipinski definition) is 4. The second-order valence-electron chi connectivity index (χ2n) is 6.20. The Hall–Kier alpha value is -3.31. The second-order valence-corrected chi connectivity index (χ2v) is 8.86. The molecule has 3 aromatic rings. The smallest absolute Gasteiger partial charge is 0.229 e. The number of hydrogen-bond acceptors (Lipinski definition) is 8. The summed E-state index contributed by atoms with van der Waals surface area (Å²) in [6.45, 7) is 0. The number of benzene rings is 1. The molecule has 3 rings (SSSR count). The Labute approximate surface area is 171 Å². The first-order chi connectivity index (χ1) is 13.7. The van der Waals surface area contributed by atoms with Crippen molar-refractivity contribution in [3.05, 3.63) is 64.9 Å². The van der Waals surface area contributed by atoms with Gasteiger partial charge in [-0.05, 0) is 23.8 Å². The number of nitrogen functional groups attached to an aromatic ring is 1. The molecular weight excluding hydrogens is 412 g/mol. The van der Waals surface area contributed by atoms with Crippen molar-refractivity contribution in [1.29, 1.82) is 5.41 Å². The van der Waals surface area contributed by atoms with Crippen molar-refractivity contribution in [1.82, 2.24) is 9.97 Å². The third kappa shape index (κ3) is 5.59. The summed E-state index contributed by atoms with van der Waals surface area (Å²) in [5.41, 5.74) is 8.01. The fourth-order valence-corrected chi connectivity index (χ4v) is 3.91. The molecule has 0 fully saturated rings. The molecule has 9 nitrogen and oxygen atoms in total. The molecule has 0 aliphatic rings. The van der Waals surface area contributed by atoms with Gasteiger partial charge in [-0.2, -0.15) is 0 Å². The van der Waals surface area contributed by atoms with Crippen LogP contribution in [0.25, 0.3) is 0 Å². The third-order valence-corrected chi connectivity index (χ3v) is 5.21. The largest absolute Gasteiger partial charge is 0.383 e. The zero-order valence-corrected chi connectivity index (χ0v) is 17.0. The summed E-state index contributed by atoms with van der Waals surface area (Å²) in [5, 5.41) is 13.4. The number of amides is 1. The van der Waals surface area contributed by atoms with Crippen LogP contribution in [0.4, 0.5) is 16.5 Å². The first kappa shape index (κ1) is 20.4. The molecular formula is C18H18N6O3S2. The number of rotatable bonds is 7. The fourth-order valence-electron chi connectivity index (χ4n) is 2.55. The lowest BCUT2D eigenvalue weighted by Gasteiger charge is -2.07. The molecule has 0 atom stereocenters. The Kier molecular flexibility index (Phi) is 5.89.